The Bertz CT molecular complexity index is 344. The van der Waals surface area contributed by atoms with Crippen LogP contribution in [-0.2, 0) is 6.42 Å². The van der Waals surface area contributed by atoms with Crippen molar-refractivity contribution in [3.63, 3.8) is 0 Å². The first kappa shape index (κ1) is 12.5. The molecular formula is C12H22N4O. The predicted octanol–water partition coefficient (Wildman–Crippen LogP) is 1.03. The van der Waals surface area contributed by atoms with E-state index < -0.39 is 0 Å². The third-order valence-corrected chi connectivity index (χ3v) is 3.53. The van der Waals surface area contributed by atoms with Crippen molar-refractivity contribution in [3.8, 4) is 0 Å². The van der Waals surface area contributed by atoms with Crippen LogP contribution in [0.1, 0.15) is 37.4 Å². The maximum Gasteiger partial charge on any atom is 0.229 e. The molecule has 2 rings (SSSR count). The molecule has 1 N–H and O–H groups in total. The number of aromatic nitrogens is 2. The molecule has 1 aromatic heterocycles. The molecule has 1 atom stereocenters. The molecule has 5 heteroatoms. The summed E-state index contributed by atoms with van der Waals surface area (Å²) in [5.74, 6) is 2.11. The Labute approximate surface area is 103 Å². The fourth-order valence-corrected chi connectivity index (χ4v) is 2.15. The highest BCUT2D eigenvalue weighted by Crippen LogP contribution is 2.25. The van der Waals surface area contributed by atoms with E-state index in [2.05, 4.69) is 34.3 Å². The summed E-state index contributed by atoms with van der Waals surface area (Å²) in [6.07, 6.45) is 3.08. The number of nitrogens with one attached hydrogen (secondary N) is 1. The molecule has 17 heavy (non-hydrogen) atoms. The fourth-order valence-electron chi connectivity index (χ4n) is 2.15. The largest absolute Gasteiger partial charge is 0.339 e. The van der Waals surface area contributed by atoms with E-state index in [0.29, 0.717) is 12.0 Å². The van der Waals surface area contributed by atoms with Gasteiger partial charge in [-0.15, -0.1) is 0 Å². The van der Waals surface area contributed by atoms with Crippen molar-refractivity contribution in [3.05, 3.63) is 11.7 Å². The summed E-state index contributed by atoms with van der Waals surface area (Å²) < 4.78 is 5.38. The predicted molar refractivity (Wildman–Crippen MR) is 66.0 cm³/mol. The number of piperidine rings is 1. The van der Waals surface area contributed by atoms with Crippen molar-refractivity contribution < 1.29 is 4.52 Å². The van der Waals surface area contributed by atoms with E-state index in [4.69, 9.17) is 4.52 Å². The van der Waals surface area contributed by atoms with Gasteiger partial charge in [0.2, 0.25) is 5.89 Å². The minimum Gasteiger partial charge on any atom is -0.339 e. The van der Waals surface area contributed by atoms with Gasteiger partial charge in [0, 0.05) is 18.4 Å². The third kappa shape index (κ3) is 3.26. The quantitative estimate of drug-likeness (QED) is 0.849. The minimum absolute atomic E-state index is 0.387. The zero-order chi connectivity index (χ0) is 12.3. The molecule has 1 aliphatic rings. The lowest BCUT2D eigenvalue weighted by Crippen LogP contribution is -2.29. The van der Waals surface area contributed by atoms with Gasteiger partial charge >= 0.3 is 0 Å². The maximum atomic E-state index is 5.38. The average Bonchev–Trinajstić information content (AvgIpc) is 2.78. The van der Waals surface area contributed by atoms with E-state index in [1.165, 1.54) is 0 Å². The van der Waals surface area contributed by atoms with Crippen LogP contribution in [0.5, 0.6) is 0 Å². The van der Waals surface area contributed by atoms with Crippen LogP contribution in [0.15, 0.2) is 4.52 Å². The Balaban J connectivity index is 1.93. The number of hydrogen-bond acceptors (Lipinski definition) is 5. The Kier molecular flexibility index (Phi) is 4.12. The van der Waals surface area contributed by atoms with Gasteiger partial charge in [0.05, 0.1) is 0 Å². The normalized spacial score (nSPS) is 20.6. The van der Waals surface area contributed by atoms with E-state index in [9.17, 15) is 0 Å². The average molecular weight is 238 g/mol. The summed E-state index contributed by atoms with van der Waals surface area (Å²) >= 11 is 0. The van der Waals surface area contributed by atoms with Crippen LogP contribution >= 0.6 is 0 Å². The Morgan fingerprint density at radius 3 is 2.82 bits per heavy atom. The molecule has 96 valence electrons. The molecule has 0 radical (unpaired) electrons. The van der Waals surface area contributed by atoms with Gasteiger partial charge in [0.1, 0.15) is 0 Å². The highest BCUT2D eigenvalue weighted by molar-refractivity contribution is 4.97. The first-order chi connectivity index (χ1) is 8.19. The number of likely N-dealkylation sites (N-methyl/N-ethyl adjacent to an activating group) is 1. The zero-order valence-electron chi connectivity index (χ0n) is 10.9. The van der Waals surface area contributed by atoms with Gasteiger partial charge in [-0.25, -0.2) is 0 Å². The molecule has 1 aliphatic heterocycles. The summed E-state index contributed by atoms with van der Waals surface area (Å²) in [7, 11) is 4.10. The van der Waals surface area contributed by atoms with Crippen LogP contribution in [0.25, 0.3) is 0 Å². The van der Waals surface area contributed by atoms with Crippen molar-refractivity contribution in [2.24, 2.45) is 0 Å². The number of likely N-dealkylation sites (tertiary alicyclic amines) is 1. The monoisotopic (exact) mass is 238 g/mol. The molecule has 0 amide bonds. The molecule has 0 bridgehead atoms. The van der Waals surface area contributed by atoms with Crippen molar-refractivity contribution in [2.75, 3.05) is 27.2 Å². The summed E-state index contributed by atoms with van der Waals surface area (Å²) in [6.45, 7) is 4.36. The molecular weight excluding hydrogens is 216 g/mol. The molecule has 0 aliphatic carbocycles. The third-order valence-electron chi connectivity index (χ3n) is 3.53. The smallest absolute Gasteiger partial charge is 0.229 e. The Hall–Kier alpha value is -0.940. The fraction of sp³-hybridized carbons (Fsp3) is 0.833. The lowest BCUT2D eigenvalue weighted by atomic mass is 9.97. The van der Waals surface area contributed by atoms with Crippen molar-refractivity contribution >= 4 is 0 Å². The highest BCUT2D eigenvalue weighted by atomic mass is 16.5. The van der Waals surface area contributed by atoms with Crippen LogP contribution in [0, 0.1) is 0 Å². The molecule has 5 nitrogen and oxygen atoms in total. The first-order valence-electron chi connectivity index (χ1n) is 6.37. The number of rotatable bonds is 4. The SMILES string of the molecule is CNC(C)Cc1noc(C2CCN(C)CC2)n1. The Morgan fingerprint density at radius 2 is 2.18 bits per heavy atom. The van der Waals surface area contributed by atoms with Gasteiger partial charge < -0.3 is 14.7 Å². The van der Waals surface area contributed by atoms with Gasteiger partial charge in [-0.05, 0) is 47.0 Å². The molecule has 0 aromatic carbocycles. The van der Waals surface area contributed by atoms with Gasteiger partial charge in [-0.2, -0.15) is 4.98 Å². The first-order valence-corrected chi connectivity index (χ1v) is 6.37. The van der Waals surface area contributed by atoms with Gasteiger partial charge in [-0.1, -0.05) is 5.16 Å². The van der Waals surface area contributed by atoms with Gasteiger partial charge in [0.15, 0.2) is 5.82 Å². The number of hydrogen-bond donors (Lipinski definition) is 1. The van der Waals surface area contributed by atoms with Crippen LogP contribution < -0.4 is 5.32 Å². The van der Waals surface area contributed by atoms with E-state index in [0.717, 1.165) is 44.1 Å². The summed E-state index contributed by atoms with van der Waals surface area (Å²) in [4.78, 5) is 6.85. The minimum atomic E-state index is 0.387. The van der Waals surface area contributed by atoms with Gasteiger partial charge in [0.25, 0.3) is 0 Å². The molecule has 1 saturated heterocycles. The standard InChI is InChI=1S/C12H22N4O/c1-9(13-2)8-11-14-12(17-15-11)10-4-6-16(3)7-5-10/h9-10,13H,4-8H2,1-3H3. The van der Waals surface area contributed by atoms with Crippen molar-refractivity contribution in [2.45, 2.75) is 38.1 Å². The molecule has 1 fully saturated rings. The van der Waals surface area contributed by atoms with Crippen molar-refractivity contribution in [1.82, 2.24) is 20.4 Å². The molecule has 0 saturated carbocycles. The lowest BCUT2D eigenvalue weighted by molar-refractivity contribution is 0.227. The topological polar surface area (TPSA) is 54.2 Å². The zero-order valence-corrected chi connectivity index (χ0v) is 10.9. The van der Waals surface area contributed by atoms with Crippen molar-refractivity contribution in [1.29, 1.82) is 0 Å². The maximum absolute atomic E-state index is 5.38. The molecule has 0 spiro atoms. The van der Waals surface area contributed by atoms with E-state index in [-0.39, 0.29) is 0 Å². The molecule has 1 unspecified atom stereocenters. The lowest BCUT2D eigenvalue weighted by Gasteiger charge is -2.26. The van der Waals surface area contributed by atoms with Gasteiger partial charge in [-0.3, -0.25) is 0 Å². The van der Waals surface area contributed by atoms with Crippen LogP contribution in [0.3, 0.4) is 0 Å². The van der Waals surface area contributed by atoms with Crippen LogP contribution in [0.2, 0.25) is 0 Å². The molecule has 1 aromatic rings. The van der Waals surface area contributed by atoms with E-state index in [1.807, 2.05) is 7.05 Å². The summed E-state index contributed by atoms with van der Waals surface area (Å²) in [5.41, 5.74) is 0. The Morgan fingerprint density at radius 1 is 1.47 bits per heavy atom. The summed E-state index contributed by atoms with van der Waals surface area (Å²) in [6, 6.07) is 0.387. The van der Waals surface area contributed by atoms with Crippen LogP contribution in [-0.4, -0.2) is 48.3 Å². The molecule has 2 heterocycles. The second-order valence-corrected chi connectivity index (χ2v) is 5.02. The second-order valence-electron chi connectivity index (χ2n) is 5.02. The summed E-state index contributed by atoms with van der Waals surface area (Å²) in [5, 5.41) is 7.24. The number of nitrogens with zero attached hydrogens (tertiary/aromatic N) is 3. The van der Waals surface area contributed by atoms with E-state index in [1.54, 1.807) is 0 Å². The highest BCUT2D eigenvalue weighted by Gasteiger charge is 2.23. The van der Waals surface area contributed by atoms with E-state index >= 15 is 0 Å². The second kappa shape index (κ2) is 5.60. The van der Waals surface area contributed by atoms with Crippen LogP contribution in [0.4, 0.5) is 0 Å².